The highest BCUT2D eigenvalue weighted by atomic mass is 32.2. The van der Waals surface area contributed by atoms with Crippen LogP contribution in [0.3, 0.4) is 0 Å². The summed E-state index contributed by atoms with van der Waals surface area (Å²) < 4.78 is 54.2. The van der Waals surface area contributed by atoms with E-state index in [0.717, 1.165) is 4.90 Å². The molecule has 1 aromatic heterocycles. The number of benzene rings is 1. The van der Waals surface area contributed by atoms with Gasteiger partial charge >= 0.3 is 6.18 Å². The highest BCUT2D eigenvalue weighted by Gasteiger charge is 2.29. The summed E-state index contributed by atoms with van der Waals surface area (Å²) in [4.78, 5) is 16.5. The summed E-state index contributed by atoms with van der Waals surface area (Å²) >= 11 is 1.40. The van der Waals surface area contributed by atoms with E-state index in [1.54, 1.807) is 18.2 Å². The van der Waals surface area contributed by atoms with Gasteiger partial charge in [-0.15, -0.1) is 11.8 Å². The molecule has 0 radical (unpaired) electrons. The molecule has 2 rings (SSSR count). The zero-order valence-electron chi connectivity index (χ0n) is 13.6. The first-order valence-corrected chi connectivity index (χ1v) is 8.60. The van der Waals surface area contributed by atoms with Crippen molar-refractivity contribution in [3.05, 3.63) is 54.0 Å². The molecule has 0 aliphatic rings. The Kier molecular flexibility index (Phi) is 7.26. The number of hydrogen-bond acceptors (Lipinski definition) is 4. The van der Waals surface area contributed by atoms with Crippen molar-refractivity contribution in [3.8, 4) is 5.88 Å². The number of pyridine rings is 1. The lowest BCUT2D eigenvalue weighted by atomic mass is 10.2. The number of aromatic nitrogens is 1. The number of carbonyl (C=O) groups is 1. The average molecular weight is 388 g/mol. The fourth-order valence-corrected chi connectivity index (χ4v) is 2.77. The van der Waals surface area contributed by atoms with Crippen molar-refractivity contribution in [1.82, 2.24) is 10.3 Å². The van der Waals surface area contributed by atoms with Crippen molar-refractivity contribution in [1.29, 1.82) is 0 Å². The number of halogens is 4. The standard InChI is InChI=1S/C17H16F4N2O2S/c18-13-3-5-14(6-4-13)26-9-7-15(24)23-10-12-2-1-8-22-16(12)25-11-17(19,20)21/h1-6,8H,7,9-11H2,(H,23,24). The number of thioether (sulfide) groups is 1. The first-order valence-electron chi connectivity index (χ1n) is 7.62. The molecule has 1 N–H and O–H groups in total. The summed E-state index contributed by atoms with van der Waals surface area (Å²) in [6, 6.07) is 9.01. The molecule has 1 amide bonds. The van der Waals surface area contributed by atoms with E-state index in [1.807, 2.05) is 0 Å². The Bertz CT molecular complexity index is 723. The highest BCUT2D eigenvalue weighted by molar-refractivity contribution is 7.99. The lowest BCUT2D eigenvalue weighted by Gasteiger charge is -2.12. The number of nitrogens with zero attached hydrogens (tertiary/aromatic N) is 1. The van der Waals surface area contributed by atoms with E-state index in [2.05, 4.69) is 15.0 Å². The molecule has 1 heterocycles. The first kappa shape index (κ1) is 20.0. The van der Waals surface area contributed by atoms with Crippen LogP contribution >= 0.6 is 11.8 Å². The molecule has 0 spiro atoms. The van der Waals surface area contributed by atoms with E-state index in [4.69, 9.17) is 0 Å². The molecule has 0 saturated heterocycles. The van der Waals surface area contributed by atoms with Gasteiger partial charge in [-0.05, 0) is 30.3 Å². The molecule has 9 heteroatoms. The van der Waals surface area contributed by atoms with E-state index in [0.29, 0.717) is 11.3 Å². The number of ether oxygens (including phenoxy) is 1. The third kappa shape index (κ3) is 7.30. The highest BCUT2D eigenvalue weighted by Crippen LogP contribution is 2.20. The molecular weight excluding hydrogens is 372 g/mol. The van der Waals surface area contributed by atoms with Crippen molar-refractivity contribution < 1.29 is 27.1 Å². The van der Waals surface area contributed by atoms with Crippen LogP contribution in [0.2, 0.25) is 0 Å². The van der Waals surface area contributed by atoms with Gasteiger partial charge in [0.15, 0.2) is 6.61 Å². The molecule has 1 aromatic carbocycles. The molecule has 0 aliphatic carbocycles. The van der Waals surface area contributed by atoms with Crippen LogP contribution in [0, 0.1) is 5.82 Å². The molecule has 0 aliphatic heterocycles. The van der Waals surface area contributed by atoms with Crippen molar-refractivity contribution in [3.63, 3.8) is 0 Å². The molecule has 0 unspecified atom stereocenters. The van der Waals surface area contributed by atoms with Gasteiger partial charge in [0.05, 0.1) is 0 Å². The minimum atomic E-state index is -4.46. The van der Waals surface area contributed by atoms with Crippen molar-refractivity contribution >= 4 is 17.7 Å². The summed E-state index contributed by atoms with van der Waals surface area (Å²) in [6.45, 7) is -1.43. The molecule has 0 atom stereocenters. The number of carbonyl (C=O) groups excluding carboxylic acids is 1. The average Bonchev–Trinajstić information content (AvgIpc) is 2.60. The summed E-state index contributed by atoms with van der Waals surface area (Å²) in [6.07, 6.45) is -2.94. The van der Waals surface area contributed by atoms with Gasteiger partial charge in [-0.2, -0.15) is 13.2 Å². The Morgan fingerprint density at radius 3 is 2.62 bits per heavy atom. The van der Waals surface area contributed by atoms with Crippen LogP contribution in [0.1, 0.15) is 12.0 Å². The van der Waals surface area contributed by atoms with Crippen LogP contribution in [0.25, 0.3) is 0 Å². The summed E-state index contributed by atoms with van der Waals surface area (Å²) in [5.41, 5.74) is 0.358. The Morgan fingerprint density at radius 2 is 1.92 bits per heavy atom. The maximum absolute atomic E-state index is 12.8. The Morgan fingerprint density at radius 1 is 1.19 bits per heavy atom. The molecule has 140 valence electrons. The second kappa shape index (κ2) is 9.42. The normalized spacial score (nSPS) is 11.2. The SMILES string of the molecule is O=C(CCSc1ccc(F)cc1)NCc1cccnc1OCC(F)(F)F. The zero-order chi connectivity index (χ0) is 19.0. The monoisotopic (exact) mass is 388 g/mol. The predicted molar refractivity (Wildman–Crippen MR) is 89.4 cm³/mol. The summed E-state index contributed by atoms with van der Waals surface area (Å²) in [5.74, 6) is -0.259. The Hall–Kier alpha value is -2.29. The molecule has 0 fully saturated rings. The quantitative estimate of drug-likeness (QED) is 0.549. The van der Waals surface area contributed by atoms with Crippen LogP contribution in [0.5, 0.6) is 5.88 Å². The lowest BCUT2D eigenvalue weighted by Crippen LogP contribution is -2.24. The topological polar surface area (TPSA) is 51.2 Å². The van der Waals surface area contributed by atoms with Crippen LogP contribution in [0.4, 0.5) is 17.6 Å². The maximum atomic E-state index is 12.8. The third-order valence-corrected chi connectivity index (χ3v) is 4.12. The second-order valence-corrected chi connectivity index (χ2v) is 6.37. The van der Waals surface area contributed by atoms with Crippen LogP contribution in [0.15, 0.2) is 47.5 Å². The van der Waals surface area contributed by atoms with Crippen LogP contribution in [-0.4, -0.2) is 29.4 Å². The Labute approximate surface area is 152 Å². The molecular formula is C17H16F4N2O2S. The summed E-state index contributed by atoms with van der Waals surface area (Å²) in [5, 5.41) is 2.62. The second-order valence-electron chi connectivity index (χ2n) is 5.20. The van der Waals surface area contributed by atoms with Crippen molar-refractivity contribution in [2.24, 2.45) is 0 Å². The van der Waals surface area contributed by atoms with E-state index >= 15 is 0 Å². The fraction of sp³-hybridized carbons (Fsp3) is 0.294. The number of hydrogen-bond donors (Lipinski definition) is 1. The largest absolute Gasteiger partial charge is 0.468 e. The van der Waals surface area contributed by atoms with E-state index in [-0.39, 0.29) is 30.6 Å². The van der Waals surface area contributed by atoms with Gasteiger partial charge < -0.3 is 10.1 Å². The maximum Gasteiger partial charge on any atom is 0.422 e. The minimum Gasteiger partial charge on any atom is -0.468 e. The Balaban J connectivity index is 1.77. The van der Waals surface area contributed by atoms with E-state index in [1.165, 1.54) is 36.2 Å². The van der Waals surface area contributed by atoms with Gasteiger partial charge in [-0.3, -0.25) is 4.79 Å². The van der Waals surface area contributed by atoms with Gasteiger partial charge in [-0.25, -0.2) is 9.37 Å². The number of alkyl halides is 3. The molecule has 26 heavy (non-hydrogen) atoms. The number of nitrogens with one attached hydrogen (secondary N) is 1. The first-order chi connectivity index (χ1) is 12.3. The van der Waals surface area contributed by atoms with Crippen LogP contribution in [-0.2, 0) is 11.3 Å². The number of amides is 1. The van der Waals surface area contributed by atoms with Gasteiger partial charge in [0.1, 0.15) is 5.82 Å². The van der Waals surface area contributed by atoms with Gasteiger partial charge in [-0.1, -0.05) is 6.07 Å². The number of rotatable bonds is 8. The molecule has 0 saturated carbocycles. The van der Waals surface area contributed by atoms with Crippen LogP contribution < -0.4 is 10.1 Å². The molecule has 0 bridgehead atoms. The fourth-order valence-electron chi connectivity index (χ4n) is 1.91. The lowest BCUT2D eigenvalue weighted by molar-refractivity contribution is -0.154. The molecule has 2 aromatic rings. The van der Waals surface area contributed by atoms with Crippen molar-refractivity contribution in [2.45, 2.75) is 24.0 Å². The zero-order valence-corrected chi connectivity index (χ0v) is 14.4. The van der Waals surface area contributed by atoms with Gasteiger partial charge in [0.2, 0.25) is 11.8 Å². The predicted octanol–water partition coefficient (Wildman–Crippen LogP) is 3.96. The van der Waals surface area contributed by atoms with Gasteiger partial charge in [0.25, 0.3) is 0 Å². The third-order valence-electron chi connectivity index (χ3n) is 3.11. The van der Waals surface area contributed by atoms with Gasteiger partial charge in [0, 0.05) is 35.4 Å². The van der Waals surface area contributed by atoms with E-state index in [9.17, 15) is 22.4 Å². The van der Waals surface area contributed by atoms with E-state index < -0.39 is 12.8 Å². The minimum absolute atomic E-state index is 0.0150. The smallest absolute Gasteiger partial charge is 0.422 e. The molecule has 4 nitrogen and oxygen atoms in total. The van der Waals surface area contributed by atoms with Crippen molar-refractivity contribution in [2.75, 3.05) is 12.4 Å². The summed E-state index contributed by atoms with van der Waals surface area (Å²) in [7, 11) is 0.